The highest BCUT2D eigenvalue weighted by molar-refractivity contribution is 5.75. The van der Waals surface area contributed by atoms with Crippen molar-refractivity contribution in [3.63, 3.8) is 0 Å². The third-order valence-electron chi connectivity index (χ3n) is 3.80. The van der Waals surface area contributed by atoms with Gasteiger partial charge >= 0.3 is 0 Å². The molecule has 1 N–H and O–H groups in total. The van der Waals surface area contributed by atoms with Crippen molar-refractivity contribution >= 4 is 11.0 Å². The van der Waals surface area contributed by atoms with Crippen molar-refractivity contribution < 1.29 is 0 Å². The predicted molar refractivity (Wildman–Crippen MR) is 69.7 cm³/mol. The molecule has 0 atom stereocenters. The minimum atomic E-state index is 0.699. The fourth-order valence-electron chi connectivity index (χ4n) is 2.66. The predicted octanol–water partition coefficient (Wildman–Crippen LogP) is 2.46. The number of imidazole rings is 1. The molecule has 1 aromatic heterocycles. The van der Waals surface area contributed by atoms with E-state index in [1.807, 2.05) is 6.07 Å². The second kappa shape index (κ2) is 4.15. The molecule has 0 unspecified atom stereocenters. The summed E-state index contributed by atoms with van der Waals surface area (Å²) in [6.07, 6.45) is 2.62. The number of fused-ring (bicyclic) bond motifs is 1. The Balaban J connectivity index is 1.74. The smallest absolute Gasteiger partial charge is 0.123 e. The first kappa shape index (κ1) is 10.8. The Labute approximate surface area is 102 Å². The first-order valence-electron chi connectivity index (χ1n) is 6.38. The van der Waals surface area contributed by atoms with E-state index < -0.39 is 0 Å². The molecular formula is C14H19N3. The Morgan fingerprint density at radius 3 is 2.82 bits per heavy atom. The molecule has 1 saturated carbocycles. The van der Waals surface area contributed by atoms with Gasteiger partial charge in [0.15, 0.2) is 0 Å². The SMILES string of the molecule is CC1CC(NCc2nc3ccccc3n2C)C1. The van der Waals surface area contributed by atoms with Gasteiger partial charge in [-0.15, -0.1) is 0 Å². The van der Waals surface area contributed by atoms with Crippen molar-refractivity contribution in [2.45, 2.75) is 32.4 Å². The number of para-hydroxylation sites is 2. The summed E-state index contributed by atoms with van der Waals surface area (Å²) in [6, 6.07) is 9.00. The molecule has 3 nitrogen and oxygen atoms in total. The minimum Gasteiger partial charge on any atom is -0.330 e. The summed E-state index contributed by atoms with van der Waals surface area (Å²) >= 11 is 0. The van der Waals surface area contributed by atoms with E-state index in [1.165, 1.54) is 18.4 Å². The average Bonchev–Trinajstić information content (AvgIpc) is 2.61. The summed E-state index contributed by atoms with van der Waals surface area (Å²) in [5, 5.41) is 3.58. The Morgan fingerprint density at radius 2 is 2.12 bits per heavy atom. The maximum absolute atomic E-state index is 4.66. The van der Waals surface area contributed by atoms with E-state index in [2.05, 4.69) is 47.0 Å². The van der Waals surface area contributed by atoms with Crippen LogP contribution in [0.2, 0.25) is 0 Å². The van der Waals surface area contributed by atoms with Crippen LogP contribution in [0.3, 0.4) is 0 Å². The Bertz CT molecular complexity index is 523. The molecular weight excluding hydrogens is 210 g/mol. The number of hydrogen-bond donors (Lipinski definition) is 1. The third kappa shape index (κ3) is 1.95. The number of hydrogen-bond acceptors (Lipinski definition) is 2. The Kier molecular flexibility index (Phi) is 2.63. The van der Waals surface area contributed by atoms with Crippen molar-refractivity contribution in [1.29, 1.82) is 0 Å². The highest BCUT2D eigenvalue weighted by Crippen LogP contribution is 2.26. The summed E-state index contributed by atoms with van der Waals surface area (Å²) in [7, 11) is 2.09. The lowest BCUT2D eigenvalue weighted by atomic mass is 9.82. The van der Waals surface area contributed by atoms with E-state index in [9.17, 15) is 0 Å². The number of nitrogens with one attached hydrogen (secondary N) is 1. The second-order valence-corrected chi connectivity index (χ2v) is 5.23. The lowest BCUT2D eigenvalue weighted by Gasteiger charge is -2.33. The summed E-state index contributed by atoms with van der Waals surface area (Å²) in [4.78, 5) is 4.66. The second-order valence-electron chi connectivity index (χ2n) is 5.23. The molecule has 90 valence electrons. The molecule has 17 heavy (non-hydrogen) atoms. The molecule has 1 aliphatic rings. The number of aryl methyl sites for hydroxylation is 1. The van der Waals surface area contributed by atoms with Crippen LogP contribution in [0.15, 0.2) is 24.3 Å². The topological polar surface area (TPSA) is 29.9 Å². The quantitative estimate of drug-likeness (QED) is 0.876. The van der Waals surface area contributed by atoms with Crippen molar-refractivity contribution in [2.75, 3.05) is 0 Å². The molecule has 0 aliphatic heterocycles. The van der Waals surface area contributed by atoms with E-state index in [4.69, 9.17) is 0 Å². The molecule has 1 aliphatic carbocycles. The van der Waals surface area contributed by atoms with Crippen LogP contribution in [0.4, 0.5) is 0 Å². The molecule has 1 aromatic carbocycles. The maximum Gasteiger partial charge on any atom is 0.123 e. The summed E-state index contributed by atoms with van der Waals surface area (Å²) < 4.78 is 2.18. The van der Waals surface area contributed by atoms with Gasteiger partial charge in [0, 0.05) is 13.1 Å². The number of nitrogens with zero attached hydrogens (tertiary/aromatic N) is 2. The molecule has 1 heterocycles. The van der Waals surface area contributed by atoms with Crippen molar-refractivity contribution in [3.05, 3.63) is 30.1 Å². The van der Waals surface area contributed by atoms with Crippen LogP contribution in [0.5, 0.6) is 0 Å². The van der Waals surface area contributed by atoms with Gasteiger partial charge in [0.1, 0.15) is 5.82 Å². The van der Waals surface area contributed by atoms with E-state index in [0.29, 0.717) is 6.04 Å². The Hall–Kier alpha value is -1.35. The lowest BCUT2D eigenvalue weighted by molar-refractivity contribution is 0.238. The highest BCUT2D eigenvalue weighted by atomic mass is 15.1. The largest absolute Gasteiger partial charge is 0.330 e. The fraction of sp³-hybridized carbons (Fsp3) is 0.500. The molecule has 3 heteroatoms. The fourth-order valence-corrected chi connectivity index (χ4v) is 2.66. The van der Waals surface area contributed by atoms with Gasteiger partial charge in [0.25, 0.3) is 0 Å². The van der Waals surface area contributed by atoms with Crippen LogP contribution < -0.4 is 5.32 Å². The van der Waals surface area contributed by atoms with E-state index in [-0.39, 0.29) is 0 Å². The molecule has 1 fully saturated rings. The van der Waals surface area contributed by atoms with Crippen molar-refractivity contribution in [2.24, 2.45) is 13.0 Å². The van der Waals surface area contributed by atoms with Crippen molar-refractivity contribution in [1.82, 2.24) is 14.9 Å². The van der Waals surface area contributed by atoms with Gasteiger partial charge < -0.3 is 9.88 Å². The molecule has 0 spiro atoms. The molecule has 0 bridgehead atoms. The van der Waals surface area contributed by atoms with Gasteiger partial charge in [-0.3, -0.25) is 0 Å². The van der Waals surface area contributed by atoms with Crippen LogP contribution in [0, 0.1) is 5.92 Å². The molecule has 0 radical (unpaired) electrons. The van der Waals surface area contributed by atoms with Gasteiger partial charge in [-0.1, -0.05) is 19.1 Å². The zero-order valence-corrected chi connectivity index (χ0v) is 10.5. The zero-order chi connectivity index (χ0) is 11.8. The normalized spacial score (nSPS) is 23.9. The summed E-state index contributed by atoms with van der Waals surface area (Å²) in [5.41, 5.74) is 2.31. The summed E-state index contributed by atoms with van der Waals surface area (Å²) in [5.74, 6) is 2.03. The molecule has 0 amide bonds. The van der Waals surface area contributed by atoms with Gasteiger partial charge in [-0.25, -0.2) is 4.98 Å². The minimum absolute atomic E-state index is 0.699. The van der Waals surface area contributed by atoms with Gasteiger partial charge in [0.2, 0.25) is 0 Å². The van der Waals surface area contributed by atoms with E-state index in [1.54, 1.807) is 0 Å². The zero-order valence-electron chi connectivity index (χ0n) is 10.5. The van der Waals surface area contributed by atoms with Crippen LogP contribution in [0.25, 0.3) is 11.0 Å². The van der Waals surface area contributed by atoms with Gasteiger partial charge in [-0.05, 0) is 30.9 Å². The monoisotopic (exact) mass is 229 g/mol. The first-order chi connectivity index (χ1) is 8.24. The number of rotatable bonds is 3. The molecule has 0 saturated heterocycles. The lowest BCUT2D eigenvalue weighted by Crippen LogP contribution is -2.40. The molecule has 2 aromatic rings. The standard InChI is InChI=1S/C14H19N3/c1-10-7-11(8-10)15-9-14-16-12-5-3-4-6-13(12)17(14)2/h3-6,10-11,15H,7-9H2,1-2H3. The average molecular weight is 229 g/mol. The molecule has 3 rings (SSSR count). The first-order valence-corrected chi connectivity index (χ1v) is 6.38. The Morgan fingerprint density at radius 1 is 1.35 bits per heavy atom. The van der Waals surface area contributed by atoms with Crippen LogP contribution >= 0.6 is 0 Å². The van der Waals surface area contributed by atoms with E-state index in [0.717, 1.165) is 23.8 Å². The third-order valence-corrected chi connectivity index (χ3v) is 3.80. The highest BCUT2D eigenvalue weighted by Gasteiger charge is 2.24. The summed E-state index contributed by atoms with van der Waals surface area (Å²) in [6.45, 7) is 3.19. The van der Waals surface area contributed by atoms with Gasteiger partial charge in [-0.2, -0.15) is 0 Å². The van der Waals surface area contributed by atoms with Crippen LogP contribution in [-0.2, 0) is 13.6 Å². The van der Waals surface area contributed by atoms with Crippen LogP contribution in [-0.4, -0.2) is 15.6 Å². The van der Waals surface area contributed by atoms with Gasteiger partial charge in [0.05, 0.1) is 17.6 Å². The van der Waals surface area contributed by atoms with E-state index >= 15 is 0 Å². The van der Waals surface area contributed by atoms with Crippen LogP contribution in [0.1, 0.15) is 25.6 Å². The number of aromatic nitrogens is 2. The van der Waals surface area contributed by atoms with Crippen molar-refractivity contribution in [3.8, 4) is 0 Å². The maximum atomic E-state index is 4.66. The number of benzene rings is 1.